The lowest BCUT2D eigenvalue weighted by Gasteiger charge is -2.30. The number of esters is 1. The van der Waals surface area contributed by atoms with E-state index in [1.54, 1.807) is 0 Å². The molecule has 1 atom stereocenters. The number of carbonyl (C=O) groups excluding carboxylic acids is 1. The smallest absolute Gasteiger partial charge is 0.322 e. The molecule has 0 aromatic rings. The summed E-state index contributed by atoms with van der Waals surface area (Å²) in [6.07, 6.45) is 0. The molecule has 88 valence electrons. The zero-order valence-corrected chi connectivity index (χ0v) is 9.71. The highest BCUT2D eigenvalue weighted by atomic mass is 32.2. The normalized spacial score (nSPS) is 23.7. The summed E-state index contributed by atoms with van der Waals surface area (Å²) in [6, 6.07) is 0.117. The molecule has 1 aliphatic rings. The molecule has 0 saturated carbocycles. The van der Waals surface area contributed by atoms with E-state index in [2.05, 4.69) is 10.1 Å². The van der Waals surface area contributed by atoms with Gasteiger partial charge in [0.25, 0.3) is 0 Å². The Morgan fingerprint density at radius 2 is 2.27 bits per heavy atom. The summed E-state index contributed by atoms with van der Waals surface area (Å²) in [4.78, 5) is 10.9. The van der Waals surface area contributed by atoms with Crippen molar-refractivity contribution < 1.29 is 17.9 Å². The van der Waals surface area contributed by atoms with Gasteiger partial charge in [-0.3, -0.25) is 4.79 Å². The summed E-state index contributed by atoms with van der Waals surface area (Å²) < 4.78 is 29.1. The van der Waals surface area contributed by atoms with Crippen LogP contribution in [0.25, 0.3) is 0 Å². The lowest BCUT2D eigenvalue weighted by Crippen LogP contribution is -2.52. The average Bonchev–Trinajstić information content (AvgIpc) is 2.17. The lowest BCUT2D eigenvalue weighted by molar-refractivity contribution is -0.137. The van der Waals surface area contributed by atoms with Crippen molar-refractivity contribution in [3.63, 3.8) is 0 Å². The first-order valence-corrected chi connectivity index (χ1v) is 6.34. The molecule has 1 aliphatic heterocycles. The summed E-state index contributed by atoms with van der Waals surface area (Å²) in [6.45, 7) is 3.32. The van der Waals surface area contributed by atoms with Crippen LogP contribution < -0.4 is 5.32 Å². The highest BCUT2D eigenvalue weighted by Gasteiger charge is 2.29. The minimum atomic E-state index is -3.51. The average molecular weight is 236 g/mol. The Balaban J connectivity index is 2.64. The number of methoxy groups -OCH3 is 1. The van der Waals surface area contributed by atoms with Crippen LogP contribution in [0.1, 0.15) is 6.92 Å². The fourth-order valence-electron chi connectivity index (χ4n) is 1.45. The number of carbonyl (C=O) groups is 1. The molecule has 1 saturated heterocycles. The van der Waals surface area contributed by atoms with Gasteiger partial charge < -0.3 is 10.1 Å². The largest absolute Gasteiger partial charge is 0.468 e. The minimum absolute atomic E-state index is 0.117. The van der Waals surface area contributed by atoms with Crippen LogP contribution >= 0.6 is 0 Å². The molecule has 0 aromatic carbocycles. The van der Waals surface area contributed by atoms with E-state index < -0.39 is 21.7 Å². The van der Waals surface area contributed by atoms with Gasteiger partial charge >= 0.3 is 5.97 Å². The van der Waals surface area contributed by atoms with E-state index >= 15 is 0 Å². The van der Waals surface area contributed by atoms with Gasteiger partial charge in [0.05, 0.1) is 7.11 Å². The molecule has 0 aliphatic carbocycles. The predicted octanol–water partition coefficient (Wildman–Crippen LogP) is -1.22. The second kappa shape index (κ2) is 4.91. The van der Waals surface area contributed by atoms with Crippen LogP contribution in [0.3, 0.4) is 0 Å². The number of nitrogens with one attached hydrogen (secondary N) is 1. The second-order valence-electron chi connectivity index (χ2n) is 3.55. The van der Waals surface area contributed by atoms with Gasteiger partial charge in [0.1, 0.15) is 0 Å². The summed E-state index contributed by atoms with van der Waals surface area (Å²) in [5, 5.41) is 3.13. The van der Waals surface area contributed by atoms with Gasteiger partial charge in [-0.1, -0.05) is 0 Å². The van der Waals surface area contributed by atoms with Gasteiger partial charge in [-0.15, -0.1) is 0 Å². The number of rotatable bonds is 3. The van der Waals surface area contributed by atoms with Crippen molar-refractivity contribution >= 4 is 16.0 Å². The van der Waals surface area contributed by atoms with Gasteiger partial charge in [0.2, 0.25) is 10.0 Å². The molecule has 1 fully saturated rings. The first-order valence-electron chi connectivity index (χ1n) is 4.73. The van der Waals surface area contributed by atoms with Crippen molar-refractivity contribution in [1.29, 1.82) is 0 Å². The van der Waals surface area contributed by atoms with Crippen LogP contribution in [0.5, 0.6) is 0 Å². The Bertz CT molecular complexity index is 328. The van der Waals surface area contributed by atoms with Crippen LogP contribution in [0.4, 0.5) is 0 Å². The first-order chi connectivity index (χ1) is 6.95. The van der Waals surface area contributed by atoms with Crippen molar-refractivity contribution in [1.82, 2.24) is 9.62 Å². The van der Waals surface area contributed by atoms with Crippen LogP contribution in [0.15, 0.2) is 0 Å². The van der Waals surface area contributed by atoms with E-state index in [-0.39, 0.29) is 6.04 Å². The van der Waals surface area contributed by atoms with E-state index in [0.29, 0.717) is 19.6 Å². The fourth-order valence-corrected chi connectivity index (χ4v) is 2.87. The van der Waals surface area contributed by atoms with Crippen molar-refractivity contribution in [2.24, 2.45) is 0 Å². The van der Waals surface area contributed by atoms with E-state index in [1.165, 1.54) is 11.4 Å². The maximum atomic E-state index is 11.7. The Morgan fingerprint density at radius 1 is 1.60 bits per heavy atom. The highest BCUT2D eigenvalue weighted by Crippen LogP contribution is 2.06. The summed E-state index contributed by atoms with van der Waals surface area (Å²) >= 11 is 0. The summed E-state index contributed by atoms with van der Waals surface area (Å²) in [5.74, 6) is -1.29. The standard InChI is InChI=1S/C8H16N2O4S/c1-7-5-10(4-3-9-7)15(12,13)6-8(11)14-2/h7,9H,3-6H2,1-2H3/t7-/m0/s1. The van der Waals surface area contributed by atoms with E-state index in [4.69, 9.17) is 0 Å². The zero-order valence-electron chi connectivity index (χ0n) is 8.89. The quantitative estimate of drug-likeness (QED) is 0.622. The Labute approximate surface area is 89.6 Å². The first kappa shape index (κ1) is 12.4. The number of sulfonamides is 1. The van der Waals surface area contributed by atoms with Crippen LogP contribution in [-0.2, 0) is 19.6 Å². The minimum Gasteiger partial charge on any atom is -0.468 e. The molecule has 15 heavy (non-hydrogen) atoms. The topological polar surface area (TPSA) is 75.7 Å². The number of ether oxygens (including phenoxy) is 1. The van der Waals surface area contributed by atoms with Crippen LogP contribution in [0, 0.1) is 0 Å². The summed E-state index contributed by atoms with van der Waals surface area (Å²) in [7, 11) is -2.33. The molecule has 0 amide bonds. The zero-order chi connectivity index (χ0) is 11.5. The van der Waals surface area contributed by atoms with Crippen molar-refractivity contribution in [3.8, 4) is 0 Å². The van der Waals surface area contributed by atoms with Crippen molar-refractivity contribution in [3.05, 3.63) is 0 Å². The third kappa shape index (κ3) is 3.44. The SMILES string of the molecule is COC(=O)CS(=O)(=O)N1CCN[C@@H](C)C1. The van der Waals surface area contributed by atoms with Gasteiger partial charge in [0, 0.05) is 25.7 Å². The maximum Gasteiger partial charge on any atom is 0.322 e. The second-order valence-corrected chi connectivity index (χ2v) is 5.51. The molecule has 0 spiro atoms. The van der Waals surface area contributed by atoms with Crippen molar-refractivity contribution in [2.45, 2.75) is 13.0 Å². The number of nitrogens with zero attached hydrogens (tertiary/aromatic N) is 1. The Hall–Kier alpha value is -0.660. The van der Waals surface area contributed by atoms with Gasteiger partial charge in [-0.05, 0) is 6.92 Å². The molecule has 0 unspecified atom stereocenters. The fraction of sp³-hybridized carbons (Fsp3) is 0.875. The van der Waals surface area contributed by atoms with Crippen LogP contribution in [-0.4, -0.2) is 57.2 Å². The molecule has 0 aromatic heterocycles. The molecule has 1 rings (SSSR count). The molecule has 7 heteroatoms. The van der Waals surface area contributed by atoms with Crippen LogP contribution in [0.2, 0.25) is 0 Å². The molecule has 0 radical (unpaired) electrons. The molecular formula is C8H16N2O4S. The van der Waals surface area contributed by atoms with E-state index in [0.717, 1.165) is 0 Å². The predicted molar refractivity (Wildman–Crippen MR) is 54.8 cm³/mol. The molecule has 6 nitrogen and oxygen atoms in total. The lowest BCUT2D eigenvalue weighted by atomic mass is 10.3. The number of hydrogen-bond acceptors (Lipinski definition) is 5. The Morgan fingerprint density at radius 3 is 2.80 bits per heavy atom. The number of piperazine rings is 1. The van der Waals surface area contributed by atoms with E-state index in [1.807, 2.05) is 6.92 Å². The molecular weight excluding hydrogens is 220 g/mol. The van der Waals surface area contributed by atoms with E-state index in [9.17, 15) is 13.2 Å². The van der Waals surface area contributed by atoms with Gasteiger partial charge in [0.15, 0.2) is 5.75 Å². The maximum absolute atomic E-state index is 11.7. The van der Waals surface area contributed by atoms with Crippen molar-refractivity contribution in [2.75, 3.05) is 32.5 Å². The monoisotopic (exact) mass is 236 g/mol. The molecule has 1 N–H and O–H groups in total. The van der Waals surface area contributed by atoms with Gasteiger partial charge in [-0.2, -0.15) is 4.31 Å². The Kier molecular flexibility index (Phi) is 4.06. The third-order valence-corrected chi connectivity index (χ3v) is 3.97. The summed E-state index contributed by atoms with van der Waals surface area (Å²) in [5.41, 5.74) is 0. The number of hydrogen-bond donors (Lipinski definition) is 1. The molecule has 1 heterocycles. The highest BCUT2D eigenvalue weighted by molar-refractivity contribution is 7.89. The molecule has 0 bridgehead atoms. The third-order valence-electron chi connectivity index (χ3n) is 2.25. The van der Waals surface area contributed by atoms with Gasteiger partial charge in [-0.25, -0.2) is 8.42 Å².